The second kappa shape index (κ2) is 6.74. The zero-order valence-corrected chi connectivity index (χ0v) is 12.8. The van der Waals surface area contributed by atoms with Crippen LogP contribution in [0.4, 0.5) is 0 Å². The van der Waals surface area contributed by atoms with Gasteiger partial charge in [-0.15, -0.1) is 11.3 Å². The quantitative estimate of drug-likeness (QED) is 0.502. The first-order valence-electron chi connectivity index (χ1n) is 2.92. The molecule has 70 valence electrons. The molecule has 1 aromatic rings. The van der Waals surface area contributed by atoms with Crippen molar-refractivity contribution in [1.82, 2.24) is 0 Å². The topological polar surface area (TPSA) is 121 Å². The number of aromatic carboxylic acids is 2. The molecule has 0 aromatic carbocycles. The Hall–Kier alpha value is 0.240. The molecule has 1 rings (SSSR count). The smallest absolute Gasteiger partial charge is 0.872 e. The number of carbonyl (C=O) groups is 2. The van der Waals surface area contributed by atoms with Gasteiger partial charge >= 0.3 is 71.1 Å². The van der Waals surface area contributed by atoms with E-state index < -0.39 is 33.2 Å². The van der Waals surface area contributed by atoms with Crippen LogP contribution in [-0.4, -0.2) is 22.2 Å². The SMILES string of the molecule is O=C(O)c1sc(C(=O)O)c([O-])c1[O-].[Na+].[Na+]. The van der Waals surface area contributed by atoms with Crippen molar-refractivity contribution in [3.63, 3.8) is 0 Å². The van der Waals surface area contributed by atoms with Crippen LogP contribution in [0.2, 0.25) is 0 Å². The van der Waals surface area contributed by atoms with Gasteiger partial charge in [0.2, 0.25) is 0 Å². The van der Waals surface area contributed by atoms with Gasteiger partial charge in [-0.2, -0.15) is 0 Å². The third-order valence-corrected chi connectivity index (χ3v) is 2.34. The van der Waals surface area contributed by atoms with Crippen molar-refractivity contribution in [3.8, 4) is 11.5 Å². The predicted octanol–water partition coefficient (Wildman–Crippen LogP) is -6.70. The van der Waals surface area contributed by atoms with Gasteiger partial charge in [0.05, 0.1) is 0 Å². The second-order valence-electron chi connectivity index (χ2n) is 2.03. The summed E-state index contributed by atoms with van der Waals surface area (Å²) >= 11 is 0.178. The van der Waals surface area contributed by atoms with Crippen molar-refractivity contribution in [1.29, 1.82) is 0 Å². The van der Waals surface area contributed by atoms with Crippen LogP contribution in [0.25, 0.3) is 0 Å². The van der Waals surface area contributed by atoms with Crippen LogP contribution in [0, 0.1) is 0 Å². The van der Waals surface area contributed by atoms with E-state index in [1.807, 2.05) is 0 Å². The minimum Gasteiger partial charge on any atom is -0.872 e. The summed E-state index contributed by atoms with van der Waals surface area (Å²) in [6.07, 6.45) is 0. The molecule has 0 aliphatic heterocycles. The van der Waals surface area contributed by atoms with Gasteiger partial charge < -0.3 is 20.4 Å². The molecule has 0 saturated heterocycles. The first-order chi connectivity index (χ1) is 5.95. The molecule has 0 saturated carbocycles. The van der Waals surface area contributed by atoms with Crippen LogP contribution >= 0.6 is 11.3 Å². The summed E-state index contributed by atoms with van der Waals surface area (Å²) in [6.45, 7) is 0. The third-order valence-electron chi connectivity index (χ3n) is 1.21. The van der Waals surface area contributed by atoms with Crippen LogP contribution in [0.3, 0.4) is 0 Å². The van der Waals surface area contributed by atoms with Crippen molar-refractivity contribution in [2.24, 2.45) is 0 Å². The fourth-order valence-corrected chi connectivity index (χ4v) is 1.43. The molecule has 0 spiro atoms. The van der Waals surface area contributed by atoms with Crippen molar-refractivity contribution < 1.29 is 89.1 Å². The first-order valence-corrected chi connectivity index (χ1v) is 3.74. The van der Waals surface area contributed by atoms with Crippen LogP contribution in [-0.2, 0) is 0 Å². The van der Waals surface area contributed by atoms with Gasteiger partial charge in [-0.1, -0.05) is 11.5 Å². The minimum absolute atomic E-state index is 0. The Morgan fingerprint density at radius 1 is 0.933 bits per heavy atom. The molecule has 0 amide bonds. The van der Waals surface area contributed by atoms with Gasteiger partial charge in [-0.3, -0.25) is 0 Å². The van der Waals surface area contributed by atoms with E-state index in [-0.39, 0.29) is 70.5 Å². The number of carboxylic acids is 2. The van der Waals surface area contributed by atoms with Crippen LogP contribution in [0.5, 0.6) is 11.5 Å². The summed E-state index contributed by atoms with van der Waals surface area (Å²) < 4.78 is 0. The number of carboxylic acid groups (broad SMARTS) is 2. The van der Waals surface area contributed by atoms with Gasteiger partial charge in [0, 0.05) is 0 Å². The van der Waals surface area contributed by atoms with Gasteiger partial charge in [0.25, 0.3) is 0 Å². The Kier molecular flexibility index (Phi) is 7.93. The normalized spacial score (nSPS) is 8.53. The van der Waals surface area contributed by atoms with Crippen LogP contribution < -0.4 is 69.3 Å². The average Bonchev–Trinajstić information content (AvgIpc) is 2.29. The second-order valence-corrected chi connectivity index (χ2v) is 3.05. The maximum absolute atomic E-state index is 10.8. The summed E-state index contributed by atoms with van der Waals surface area (Å²) in [5.74, 6) is -5.70. The summed E-state index contributed by atoms with van der Waals surface area (Å²) in [7, 11) is 0. The molecule has 0 unspecified atom stereocenters. The molecule has 2 N–H and O–H groups in total. The molecule has 0 bridgehead atoms. The number of hydrogen-bond donors (Lipinski definition) is 2. The Labute approximate surface area is 132 Å². The van der Waals surface area contributed by atoms with Crippen molar-refractivity contribution in [2.75, 3.05) is 0 Å². The molecule has 0 aliphatic carbocycles. The third kappa shape index (κ3) is 3.63. The molecular formula is C6H2Na2O6S. The molecule has 9 heteroatoms. The monoisotopic (exact) mass is 248 g/mol. The standard InChI is InChI=1S/C6H4O6S.2Na/c7-1-2(8)4(6(11)12)13-3(1)5(9)10;;/h7-8H,(H,9,10)(H,11,12);;/q;2*+1/p-2. The van der Waals surface area contributed by atoms with E-state index in [0.717, 1.165) is 0 Å². The molecule has 0 atom stereocenters. The van der Waals surface area contributed by atoms with E-state index in [0.29, 0.717) is 0 Å². The number of hydrogen-bond acceptors (Lipinski definition) is 5. The Balaban J connectivity index is 0. The maximum atomic E-state index is 10.8. The fourth-order valence-electron chi connectivity index (χ4n) is 0.683. The summed E-state index contributed by atoms with van der Waals surface area (Å²) in [5, 5.41) is 38.3. The van der Waals surface area contributed by atoms with Gasteiger partial charge in [-0.05, 0) is 0 Å². The van der Waals surface area contributed by atoms with E-state index in [1.54, 1.807) is 0 Å². The van der Waals surface area contributed by atoms with E-state index in [2.05, 4.69) is 0 Å². The molecule has 15 heavy (non-hydrogen) atoms. The fraction of sp³-hybridized carbons (Fsp3) is 0. The Morgan fingerprint density at radius 2 is 1.20 bits per heavy atom. The Bertz CT molecular complexity index is 353. The van der Waals surface area contributed by atoms with Crippen LogP contribution in [0.15, 0.2) is 0 Å². The molecular weight excluding hydrogens is 246 g/mol. The van der Waals surface area contributed by atoms with Crippen molar-refractivity contribution in [2.45, 2.75) is 0 Å². The minimum atomic E-state index is -1.58. The van der Waals surface area contributed by atoms with E-state index in [9.17, 15) is 19.8 Å². The first kappa shape index (κ1) is 17.6. The summed E-state index contributed by atoms with van der Waals surface area (Å²) in [5.41, 5.74) is 0. The molecule has 1 heterocycles. The van der Waals surface area contributed by atoms with E-state index in [1.165, 1.54) is 0 Å². The zero-order chi connectivity index (χ0) is 10.2. The van der Waals surface area contributed by atoms with E-state index in [4.69, 9.17) is 10.2 Å². The molecule has 6 nitrogen and oxygen atoms in total. The largest absolute Gasteiger partial charge is 1.00 e. The molecule has 0 radical (unpaired) electrons. The average molecular weight is 248 g/mol. The molecule has 0 aliphatic rings. The summed E-state index contributed by atoms with van der Waals surface area (Å²) in [6, 6.07) is 0. The van der Waals surface area contributed by atoms with Crippen LogP contribution in [0.1, 0.15) is 19.3 Å². The number of rotatable bonds is 2. The summed E-state index contributed by atoms with van der Waals surface area (Å²) in [4.78, 5) is 19.1. The molecule has 1 aromatic heterocycles. The van der Waals surface area contributed by atoms with Crippen molar-refractivity contribution in [3.05, 3.63) is 9.75 Å². The predicted molar refractivity (Wildman–Crippen MR) is 37.1 cm³/mol. The Morgan fingerprint density at radius 3 is 1.33 bits per heavy atom. The molecule has 0 fully saturated rings. The van der Waals surface area contributed by atoms with Gasteiger partial charge in [0.15, 0.2) is 0 Å². The number of thiophene rings is 1. The van der Waals surface area contributed by atoms with E-state index >= 15 is 0 Å². The maximum Gasteiger partial charge on any atom is 1.00 e. The van der Waals surface area contributed by atoms with Crippen molar-refractivity contribution >= 4 is 23.3 Å². The zero-order valence-electron chi connectivity index (χ0n) is 7.94. The van der Waals surface area contributed by atoms with Gasteiger partial charge in [0.1, 0.15) is 9.75 Å². The van der Waals surface area contributed by atoms with Gasteiger partial charge in [-0.25, -0.2) is 9.59 Å².